The van der Waals surface area contributed by atoms with Crippen LogP contribution in [0.2, 0.25) is 0 Å². The van der Waals surface area contributed by atoms with Gasteiger partial charge in [-0.2, -0.15) is 0 Å². The zero-order valence-corrected chi connectivity index (χ0v) is 33.9. The van der Waals surface area contributed by atoms with Crippen molar-refractivity contribution in [3.8, 4) is 11.5 Å². The van der Waals surface area contributed by atoms with Crippen LogP contribution in [0, 0.1) is 11.8 Å². The van der Waals surface area contributed by atoms with Crippen molar-refractivity contribution in [1.82, 2.24) is 4.90 Å². The third-order valence-corrected chi connectivity index (χ3v) is 7.74. The third-order valence-electron chi connectivity index (χ3n) is 7.74. The summed E-state index contributed by atoms with van der Waals surface area (Å²) in [5, 5.41) is 0. The summed E-state index contributed by atoms with van der Waals surface area (Å²) in [5.74, 6) is -1.05. The lowest BCUT2D eigenvalue weighted by molar-refractivity contribution is -0.157. The molecule has 1 heterocycles. The number of fused-ring (bicyclic) bond motifs is 1. The van der Waals surface area contributed by atoms with Gasteiger partial charge in [-0.15, -0.1) is 0 Å². The number of ether oxygens (including phenoxy) is 10. The Morgan fingerprint density at radius 2 is 0.857 bits per heavy atom. The van der Waals surface area contributed by atoms with Crippen LogP contribution in [-0.4, -0.2) is 132 Å². The van der Waals surface area contributed by atoms with Crippen LogP contribution in [-0.2, 0) is 63.6 Å². The van der Waals surface area contributed by atoms with Crippen molar-refractivity contribution in [2.24, 2.45) is 11.8 Å². The minimum Gasteiger partial charge on any atom is -0.491 e. The molecule has 1 aliphatic carbocycles. The SMILES string of the molecule is CC(C)(C)OC(=O)CCOCCOCCOCCOc1cc(CN2C(=O)C3C=CC=CC3C2=O)cc(OCCOCCOCCOCCC(=O)OC(C)(C)C)c1. The molecule has 314 valence electrons. The fourth-order valence-electron chi connectivity index (χ4n) is 5.39. The summed E-state index contributed by atoms with van der Waals surface area (Å²) in [6.07, 6.45) is 7.48. The van der Waals surface area contributed by atoms with Crippen LogP contribution in [0.5, 0.6) is 11.5 Å². The molecule has 2 unspecified atom stereocenters. The Bertz CT molecular complexity index is 1330. The predicted molar refractivity (Wildman–Crippen MR) is 204 cm³/mol. The van der Waals surface area contributed by atoms with Crippen LogP contribution in [0.25, 0.3) is 0 Å². The van der Waals surface area contributed by atoms with E-state index in [0.717, 1.165) is 0 Å². The van der Waals surface area contributed by atoms with Crippen LogP contribution < -0.4 is 9.47 Å². The standard InChI is InChI=1S/C41H61NO14/c1-40(2,3)55-36(43)11-13-47-15-17-49-19-21-51-23-25-53-32-27-31(30-42-38(45)34-9-7-8-10-35(34)39(42)46)28-33(29-32)54-26-24-52-22-20-50-18-16-48-14-12-37(44)56-41(4,5)6/h7-10,27-29,34-35H,11-26,30H2,1-6H3. The Labute approximate surface area is 330 Å². The molecular weight excluding hydrogens is 730 g/mol. The van der Waals surface area contributed by atoms with Crippen molar-refractivity contribution in [2.45, 2.75) is 72.1 Å². The van der Waals surface area contributed by atoms with E-state index in [-0.39, 0.29) is 69.6 Å². The molecule has 0 saturated carbocycles. The first-order chi connectivity index (χ1) is 26.7. The highest BCUT2D eigenvalue weighted by molar-refractivity contribution is 6.07. The van der Waals surface area contributed by atoms with Gasteiger partial charge in [0.05, 0.1) is 111 Å². The minimum atomic E-state index is -0.515. The summed E-state index contributed by atoms with van der Waals surface area (Å²) < 4.78 is 55.6. The molecule has 3 rings (SSSR count). The summed E-state index contributed by atoms with van der Waals surface area (Å²) in [6.45, 7) is 15.5. The second-order valence-electron chi connectivity index (χ2n) is 14.9. The fourth-order valence-corrected chi connectivity index (χ4v) is 5.39. The number of imide groups is 1. The molecule has 0 N–H and O–H groups in total. The second-order valence-corrected chi connectivity index (χ2v) is 14.9. The monoisotopic (exact) mass is 791 g/mol. The molecule has 1 aromatic rings. The van der Waals surface area contributed by atoms with Gasteiger partial charge in [-0.3, -0.25) is 24.1 Å². The van der Waals surface area contributed by atoms with E-state index in [1.54, 1.807) is 42.5 Å². The molecule has 2 aliphatic rings. The van der Waals surface area contributed by atoms with Gasteiger partial charge in [0.25, 0.3) is 0 Å². The van der Waals surface area contributed by atoms with Crippen LogP contribution in [0.1, 0.15) is 59.9 Å². The number of rotatable bonds is 28. The summed E-state index contributed by atoms with van der Waals surface area (Å²) in [4.78, 5) is 50.9. The van der Waals surface area contributed by atoms with Crippen molar-refractivity contribution in [1.29, 1.82) is 0 Å². The largest absolute Gasteiger partial charge is 0.491 e. The molecule has 0 bridgehead atoms. The molecule has 0 aromatic heterocycles. The number of esters is 2. The second kappa shape index (κ2) is 24.7. The smallest absolute Gasteiger partial charge is 0.308 e. The van der Waals surface area contributed by atoms with Crippen molar-refractivity contribution in [3.63, 3.8) is 0 Å². The van der Waals surface area contributed by atoms with Gasteiger partial charge in [0.1, 0.15) is 35.9 Å². The number of benzene rings is 1. The van der Waals surface area contributed by atoms with Crippen molar-refractivity contribution in [2.75, 3.05) is 92.5 Å². The first kappa shape index (κ1) is 46.5. The molecule has 2 atom stereocenters. The molecule has 15 nitrogen and oxygen atoms in total. The molecular formula is C41H61NO14. The number of amides is 2. The lowest BCUT2D eigenvalue weighted by Gasteiger charge is -2.19. The summed E-state index contributed by atoms with van der Waals surface area (Å²) in [7, 11) is 0. The van der Waals surface area contributed by atoms with Gasteiger partial charge >= 0.3 is 11.9 Å². The van der Waals surface area contributed by atoms with Crippen LogP contribution >= 0.6 is 0 Å². The normalized spacial score (nSPS) is 16.6. The molecule has 1 saturated heterocycles. The molecule has 15 heteroatoms. The van der Waals surface area contributed by atoms with Crippen LogP contribution in [0.3, 0.4) is 0 Å². The quantitative estimate of drug-likeness (QED) is 0.0673. The molecule has 1 aliphatic heterocycles. The van der Waals surface area contributed by atoms with Gasteiger partial charge in [0.2, 0.25) is 11.8 Å². The molecule has 0 radical (unpaired) electrons. The highest BCUT2D eigenvalue weighted by Gasteiger charge is 2.45. The Balaban J connectivity index is 1.34. The maximum atomic E-state index is 13.1. The van der Waals surface area contributed by atoms with E-state index < -0.39 is 23.0 Å². The van der Waals surface area contributed by atoms with Gasteiger partial charge in [-0.05, 0) is 59.2 Å². The number of nitrogens with zero attached hydrogens (tertiary/aromatic N) is 1. The lowest BCUT2D eigenvalue weighted by Crippen LogP contribution is -2.30. The number of carbonyl (C=O) groups excluding carboxylic acids is 4. The Hall–Kier alpha value is -3.86. The first-order valence-electron chi connectivity index (χ1n) is 19.2. The molecule has 2 amide bonds. The van der Waals surface area contributed by atoms with Gasteiger partial charge < -0.3 is 47.4 Å². The first-order valence-corrected chi connectivity index (χ1v) is 19.2. The average molecular weight is 792 g/mol. The molecule has 1 aromatic carbocycles. The Morgan fingerprint density at radius 3 is 1.21 bits per heavy atom. The van der Waals surface area contributed by atoms with Gasteiger partial charge in [-0.25, -0.2) is 0 Å². The lowest BCUT2D eigenvalue weighted by atomic mass is 9.91. The number of allylic oxidation sites excluding steroid dienone is 2. The summed E-state index contributed by atoms with van der Waals surface area (Å²) in [5.41, 5.74) is -0.353. The minimum absolute atomic E-state index is 0.0804. The number of carbonyl (C=O) groups is 4. The predicted octanol–water partition coefficient (Wildman–Crippen LogP) is 4.23. The zero-order valence-electron chi connectivity index (χ0n) is 33.9. The molecule has 0 spiro atoms. The van der Waals surface area contributed by atoms with E-state index in [1.807, 2.05) is 41.5 Å². The van der Waals surface area contributed by atoms with E-state index >= 15 is 0 Å². The van der Waals surface area contributed by atoms with Crippen molar-refractivity contribution >= 4 is 23.8 Å². The highest BCUT2D eigenvalue weighted by atomic mass is 16.6. The Kier molecular flexibility index (Phi) is 20.5. The molecule has 1 fully saturated rings. The van der Waals surface area contributed by atoms with E-state index in [9.17, 15) is 19.2 Å². The maximum absolute atomic E-state index is 13.1. The topological polar surface area (TPSA) is 164 Å². The van der Waals surface area contributed by atoms with Gasteiger partial charge in [0, 0.05) is 6.07 Å². The van der Waals surface area contributed by atoms with E-state index in [1.165, 1.54) is 4.90 Å². The maximum Gasteiger partial charge on any atom is 0.308 e. The summed E-state index contributed by atoms with van der Waals surface area (Å²) in [6, 6.07) is 5.30. The summed E-state index contributed by atoms with van der Waals surface area (Å²) >= 11 is 0. The van der Waals surface area contributed by atoms with E-state index in [4.69, 9.17) is 47.4 Å². The number of hydrogen-bond donors (Lipinski definition) is 0. The Morgan fingerprint density at radius 1 is 0.518 bits per heavy atom. The number of hydrogen-bond acceptors (Lipinski definition) is 14. The highest BCUT2D eigenvalue weighted by Crippen LogP contribution is 2.33. The van der Waals surface area contributed by atoms with E-state index in [0.29, 0.717) is 83.1 Å². The van der Waals surface area contributed by atoms with E-state index in [2.05, 4.69) is 0 Å². The van der Waals surface area contributed by atoms with Crippen LogP contribution in [0.4, 0.5) is 0 Å². The van der Waals surface area contributed by atoms with Crippen LogP contribution in [0.15, 0.2) is 42.5 Å². The number of likely N-dealkylation sites (tertiary alicyclic amines) is 1. The zero-order chi connectivity index (χ0) is 40.8. The molecule has 56 heavy (non-hydrogen) atoms. The van der Waals surface area contributed by atoms with Gasteiger partial charge in [0.15, 0.2) is 0 Å². The van der Waals surface area contributed by atoms with Crippen molar-refractivity contribution in [3.05, 3.63) is 48.1 Å². The van der Waals surface area contributed by atoms with Gasteiger partial charge in [-0.1, -0.05) is 24.3 Å². The average Bonchev–Trinajstić information content (AvgIpc) is 3.35. The third kappa shape index (κ3) is 19.3. The fraction of sp³-hybridized carbons (Fsp3) is 0.659. The van der Waals surface area contributed by atoms with Crippen molar-refractivity contribution < 1.29 is 66.5 Å².